The van der Waals surface area contributed by atoms with E-state index in [2.05, 4.69) is 39.5 Å². The Hall–Kier alpha value is -2.40. The molecule has 0 aliphatic carbocycles. The van der Waals surface area contributed by atoms with Gasteiger partial charge in [-0.15, -0.1) is 0 Å². The van der Waals surface area contributed by atoms with Crippen LogP contribution in [0.1, 0.15) is 34.8 Å². The van der Waals surface area contributed by atoms with Crippen molar-refractivity contribution in [3.05, 3.63) is 59.8 Å². The van der Waals surface area contributed by atoms with Crippen LogP contribution in [0.5, 0.6) is 0 Å². The molecule has 2 heterocycles. The Balaban J connectivity index is 1.74. The lowest BCUT2D eigenvalue weighted by atomic mass is 10.1. The van der Waals surface area contributed by atoms with E-state index in [1.165, 1.54) is 18.4 Å². The van der Waals surface area contributed by atoms with Crippen molar-refractivity contribution in [2.75, 3.05) is 38.6 Å². The lowest BCUT2D eigenvalue weighted by molar-refractivity contribution is 0.0938. The number of hydrogen-bond donors (Lipinski definition) is 1. The second-order valence-corrected chi connectivity index (χ2v) is 6.65. The molecule has 0 spiro atoms. The van der Waals surface area contributed by atoms with Crippen molar-refractivity contribution >= 4 is 11.7 Å². The highest BCUT2D eigenvalue weighted by molar-refractivity contribution is 5.98. The first-order chi connectivity index (χ1) is 12.2. The first-order valence-electron chi connectivity index (χ1n) is 8.86. The highest BCUT2D eigenvalue weighted by Crippen LogP contribution is 2.24. The Morgan fingerprint density at radius 1 is 1.16 bits per heavy atom. The SMILES string of the molecule is CN(C)c1ncccc1C(=O)NCC(c1ccccc1)N1CCCC1. The molecule has 1 N–H and O–H groups in total. The molecule has 1 aliphatic heterocycles. The zero-order chi connectivity index (χ0) is 17.6. The number of nitrogens with zero attached hydrogens (tertiary/aromatic N) is 3. The Labute approximate surface area is 149 Å². The van der Waals surface area contributed by atoms with Crippen LogP contribution in [-0.2, 0) is 0 Å². The maximum absolute atomic E-state index is 12.7. The standard InChI is InChI=1S/C20H26N4O/c1-23(2)19-17(11-8-12-21-19)20(25)22-15-18(24-13-6-7-14-24)16-9-4-3-5-10-16/h3-5,8-12,18H,6-7,13-15H2,1-2H3,(H,22,25). The summed E-state index contributed by atoms with van der Waals surface area (Å²) in [5, 5.41) is 3.12. The van der Waals surface area contributed by atoms with Crippen LogP contribution in [0.3, 0.4) is 0 Å². The zero-order valence-corrected chi connectivity index (χ0v) is 15.0. The molecule has 1 fully saturated rings. The predicted molar refractivity (Wildman–Crippen MR) is 101 cm³/mol. The summed E-state index contributed by atoms with van der Waals surface area (Å²) in [6, 6.07) is 14.3. The first-order valence-corrected chi connectivity index (χ1v) is 8.86. The summed E-state index contributed by atoms with van der Waals surface area (Å²) in [5.41, 5.74) is 1.87. The van der Waals surface area contributed by atoms with E-state index in [0.29, 0.717) is 17.9 Å². The van der Waals surface area contributed by atoms with E-state index in [4.69, 9.17) is 0 Å². The number of likely N-dealkylation sites (tertiary alicyclic amines) is 1. The molecule has 0 bridgehead atoms. The molecule has 3 rings (SSSR count). The number of benzene rings is 1. The van der Waals surface area contributed by atoms with Crippen molar-refractivity contribution in [2.45, 2.75) is 18.9 Å². The van der Waals surface area contributed by atoms with Gasteiger partial charge in [0.05, 0.1) is 11.6 Å². The summed E-state index contributed by atoms with van der Waals surface area (Å²) >= 11 is 0. The normalized spacial score (nSPS) is 15.8. The van der Waals surface area contributed by atoms with Crippen LogP contribution in [0.15, 0.2) is 48.7 Å². The minimum Gasteiger partial charge on any atom is -0.362 e. The number of nitrogens with one attached hydrogen (secondary N) is 1. The van der Waals surface area contributed by atoms with Crippen molar-refractivity contribution in [2.24, 2.45) is 0 Å². The molecule has 1 aromatic carbocycles. The molecule has 0 saturated carbocycles. The van der Waals surface area contributed by atoms with Gasteiger partial charge in [0, 0.05) is 26.8 Å². The van der Waals surface area contributed by atoms with Gasteiger partial charge in [0.2, 0.25) is 0 Å². The van der Waals surface area contributed by atoms with Crippen molar-refractivity contribution in [3.8, 4) is 0 Å². The van der Waals surface area contributed by atoms with Crippen molar-refractivity contribution in [3.63, 3.8) is 0 Å². The largest absolute Gasteiger partial charge is 0.362 e. The molecule has 1 atom stereocenters. The lowest BCUT2D eigenvalue weighted by Crippen LogP contribution is -2.37. The molecular formula is C20H26N4O. The quantitative estimate of drug-likeness (QED) is 0.880. The van der Waals surface area contributed by atoms with E-state index in [1.54, 1.807) is 12.3 Å². The monoisotopic (exact) mass is 338 g/mol. The van der Waals surface area contributed by atoms with Crippen molar-refractivity contribution in [1.29, 1.82) is 0 Å². The predicted octanol–water partition coefficient (Wildman–Crippen LogP) is 2.71. The lowest BCUT2D eigenvalue weighted by Gasteiger charge is -2.28. The fourth-order valence-corrected chi connectivity index (χ4v) is 3.40. The Morgan fingerprint density at radius 3 is 2.56 bits per heavy atom. The Bertz CT molecular complexity index is 696. The van der Waals surface area contributed by atoms with E-state index >= 15 is 0 Å². The molecule has 5 nitrogen and oxygen atoms in total. The van der Waals surface area contributed by atoms with Gasteiger partial charge in [0.15, 0.2) is 0 Å². The van der Waals surface area contributed by atoms with Crippen LogP contribution < -0.4 is 10.2 Å². The number of anilines is 1. The summed E-state index contributed by atoms with van der Waals surface area (Å²) in [6.07, 6.45) is 4.17. The van der Waals surface area contributed by atoms with Gasteiger partial charge in [-0.1, -0.05) is 30.3 Å². The number of pyridine rings is 1. The van der Waals surface area contributed by atoms with Gasteiger partial charge in [0.1, 0.15) is 5.82 Å². The minimum atomic E-state index is -0.0723. The van der Waals surface area contributed by atoms with E-state index in [1.807, 2.05) is 31.1 Å². The van der Waals surface area contributed by atoms with E-state index in [-0.39, 0.29) is 11.9 Å². The summed E-state index contributed by atoms with van der Waals surface area (Å²) in [5.74, 6) is 0.620. The van der Waals surface area contributed by atoms with Gasteiger partial charge < -0.3 is 10.2 Å². The Morgan fingerprint density at radius 2 is 1.88 bits per heavy atom. The minimum absolute atomic E-state index is 0.0723. The molecular weight excluding hydrogens is 312 g/mol. The third kappa shape index (κ3) is 4.17. The van der Waals surface area contributed by atoms with Crippen LogP contribution >= 0.6 is 0 Å². The van der Waals surface area contributed by atoms with E-state index in [9.17, 15) is 4.79 Å². The summed E-state index contributed by atoms with van der Waals surface area (Å²) in [6.45, 7) is 2.78. The molecule has 25 heavy (non-hydrogen) atoms. The number of carbonyl (C=O) groups is 1. The van der Waals surface area contributed by atoms with Gasteiger partial charge in [-0.05, 0) is 43.6 Å². The smallest absolute Gasteiger partial charge is 0.255 e. The third-order valence-corrected chi connectivity index (χ3v) is 4.68. The van der Waals surface area contributed by atoms with Crippen molar-refractivity contribution < 1.29 is 4.79 Å². The van der Waals surface area contributed by atoms with Crippen LogP contribution in [0.4, 0.5) is 5.82 Å². The average molecular weight is 338 g/mol. The summed E-state index contributed by atoms with van der Waals surface area (Å²) in [7, 11) is 3.80. The van der Waals surface area contributed by atoms with Gasteiger partial charge in [-0.2, -0.15) is 0 Å². The zero-order valence-electron chi connectivity index (χ0n) is 15.0. The fraction of sp³-hybridized carbons (Fsp3) is 0.400. The van der Waals surface area contributed by atoms with Crippen LogP contribution in [0, 0.1) is 0 Å². The molecule has 1 amide bonds. The summed E-state index contributed by atoms with van der Waals surface area (Å²) < 4.78 is 0. The average Bonchev–Trinajstić information content (AvgIpc) is 3.17. The van der Waals surface area contributed by atoms with Crippen molar-refractivity contribution in [1.82, 2.24) is 15.2 Å². The molecule has 1 saturated heterocycles. The molecule has 0 radical (unpaired) electrons. The fourth-order valence-electron chi connectivity index (χ4n) is 3.40. The van der Waals surface area contributed by atoms with Crippen LogP contribution in [0.2, 0.25) is 0 Å². The molecule has 1 unspecified atom stereocenters. The number of carbonyl (C=O) groups excluding carboxylic acids is 1. The molecule has 2 aromatic rings. The first kappa shape index (κ1) is 17.4. The molecule has 1 aliphatic rings. The second-order valence-electron chi connectivity index (χ2n) is 6.65. The van der Waals surface area contributed by atoms with Crippen LogP contribution in [-0.4, -0.2) is 49.5 Å². The number of aromatic nitrogens is 1. The number of rotatable bonds is 6. The Kier molecular flexibility index (Phi) is 5.66. The van der Waals surface area contributed by atoms with Gasteiger partial charge in [-0.25, -0.2) is 4.98 Å². The maximum atomic E-state index is 12.7. The molecule has 132 valence electrons. The van der Waals surface area contributed by atoms with E-state index in [0.717, 1.165) is 13.1 Å². The third-order valence-electron chi connectivity index (χ3n) is 4.68. The highest BCUT2D eigenvalue weighted by atomic mass is 16.1. The second kappa shape index (κ2) is 8.12. The molecule has 1 aromatic heterocycles. The van der Waals surface area contributed by atoms with Gasteiger partial charge >= 0.3 is 0 Å². The number of amides is 1. The number of hydrogen-bond acceptors (Lipinski definition) is 4. The maximum Gasteiger partial charge on any atom is 0.255 e. The van der Waals surface area contributed by atoms with Gasteiger partial charge in [-0.3, -0.25) is 9.69 Å². The van der Waals surface area contributed by atoms with Gasteiger partial charge in [0.25, 0.3) is 5.91 Å². The van der Waals surface area contributed by atoms with E-state index < -0.39 is 0 Å². The highest BCUT2D eigenvalue weighted by Gasteiger charge is 2.24. The summed E-state index contributed by atoms with van der Waals surface area (Å²) in [4.78, 5) is 21.4. The van der Waals surface area contributed by atoms with Crippen LogP contribution in [0.25, 0.3) is 0 Å². The molecule has 5 heteroatoms. The topological polar surface area (TPSA) is 48.5 Å².